The molecular formula is C14H17FN2O2S2. The molecule has 0 aliphatic heterocycles. The van der Waals surface area contributed by atoms with Crippen LogP contribution in [-0.4, -0.2) is 25.8 Å². The van der Waals surface area contributed by atoms with Crippen LogP contribution in [0.4, 0.5) is 10.1 Å². The maximum Gasteiger partial charge on any atom is 0.248 e. The molecule has 114 valence electrons. The number of halogens is 1. The van der Waals surface area contributed by atoms with Crippen LogP contribution in [0.5, 0.6) is 0 Å². The van der Waals surface area contributed by atoms with Crippen LogP contribution in [0.2, 0.25) is 0 Å². The number of nitrogen functional groups attached to an aromatic ring is 1. The number of nitrogens with zero attached hydrogens (tertiary/aromatic N) is 1. The zero-order valence-corrected chi connectivity index (χ0v) is 13.4. The van der Waals surface area contributed by atoms with Crippen molar-refractivity contribution in [3.05, 3.63) is 46.4 Å². The number of thiophene rings is 1. The van der Waals surface area contributed by atoms with Gasteiger partial charge < -0.3 is 5.73 Å². The molecule has 0 aliphatic rings. The van der Waals surface area contributed by atoms with Crippen LogP contribution in [0, 0.1) is 5.82 Å². The highest BCUT2D eigenvalue weighted by Crippen LogP contribution is 2.26. The maximum atomic E-state index is 13.9. The fraction of sp³-hybridized carbons (Fsp3) is 0.286. The molecule has 1 heterocycles. The fourth-order valence-electron chi connectivity index (χ4n) is 2.03. The van der Waals surface area contributed by atoms with Gasteiger partial charge in [-0.2, -0.15) is 4.31 Å². The van der Waals surface area contributed by atoms with Gasteiger partial charge in [-0.15, -0.1) is 11.3 Å². The molecule has 0 saturated heterocycles. The molecule has 1 atom stereocenters. The van der Waals surface area contributed by atoms with Crippen molar-refractivity contribution in [1.82, 2.24) is 4.31 Å². The average Bonchev–Trinajstić information content (AvgIpc) is 2.90. The van der Waals surface area contributed by atoms with Gasteiger partial charge in [0.1, 0.15) is 10.7 Å². The molecule has 0 fully saturated rings. The maximum absolute atomic E-state index is 13.9. The third-order valence-corrected chi connectivity index (χ3v) is 6.30. The number of hydrogen-bond acceptors (Lipinski definition) is 4. The Morgan fingerprint density at radius 2 is 2.05 bits per heavy atom. The summed E-state index contributed by atoms with van der Waals surface area (Å²) in [6.07, 6.45) is 0.571. The summed E-state index contributed by atoms with van der Waals surface area (Å²) in [4.78, 5) is 0.622. The molecule has 1 aromatic heterocycles. The standard InChI is InChI=1S/C14H17FN2O2S2/c1-10(9-11-5-4-8-20-11)17(2)21(18,19)14-12(15)6-3-7-13(14)16/h3-8,10H,9,16H2,1-2H3. The zero-order chi connectivity index (χ0) is 15.6. The van der Waals surface area contributed by atoms with Gasteiger partial charge in [0.15, 0.2) is 0 Å². The van der Waals surface area contributed by atoms with Crippen molar-refractivity contribution in [1.29, 1.82) is 0 Å². The molecule has 7 heteroatoms. The Bertz CT molecular complexity index is 694. The molecule has 1 unspecified atom stereocenters. The summed E-state index contributed by atoms with van der Waals surface area (Å²) < 4.78 is 40.1. The van der Waals surface area contributed by atoms with Gasteiger partial charge in [-0.25, -0.2) is 12.8 Å². The van der Waals surface area contributed by atoms with Crippen LogP contribution in [0.3, 0.4) is 0 Å². The first kappa shape index (κ1) is 15.9. The molecule has 0 spiro atoms. The number of likely N-dealkylation sites (N-methyl/N-ethyl adjacent to an activating group) is 1. The van der Waals surface area contributed by atoms with Crippen molar-refractivity contribution in [2.24, 2.45) is 0 Å². The van der Waals surface area contributed by atoms with E-state index in [1.54, 1.807) is 18.3 Å². The van der Waals surface area contributed by atoms with Gasteiger partial charge in [0.05, 0.1) is 5.69 Å². The summed E-state index contributed by atoms with van der Waals surface area (Å²) in [5.41, 5.74) is 5.56. The highest BCUT2D eigenvalue weighted by Gasteiger charge is 2.30. The number of benzene rings is 1. The molecule has 4 nitrogen and oxygen atoms in total. The Kier molecular flexibility index (Phi) is 4.65. The van der Waals surface area contributed by atoms with Crippen molar-refractivity contribution in [3.8, 4) is 0 Å². The van der Waals surface area contributed by atoms with E-state index < -0.39 is 20.7 Å². The lowest BCUT2D eigenvalue weighted by molar-refractivity contribution is 0.386. The van der Waals surface area contributed by atoms with Gasteiger partial charge >= 0.3 is 0 Å². The fourth-order valence-corrected chi connectivity index (χ4v) is 4.37. The zero-order valence-electron chi connectivity index (χ0n) is 11.8. The highest BCUT2D eigenvalue weighted by molar-refractivity contribution is 7.89. The van der Waals surface area contributed by atoms with E-state index in [2.05, 4.69) is 0 Å². The SMILES string of the molecule is CC(Cc1cccs1)N(C)S(=O)(=O)c1c(N)cccc1F. The van der Waals surface area contributed by atoms with Crippen LogP contribution in [0.1, 0.15) is 11.8 Å². The molecule has 0 bridgehead atoms. The molecule has 21 heavy (non-hydrogen) atoms. The molecular weight excluding hydrogens is 311 g/mol. The first-order valence-corrected chi connectivity index (χ1v) is 8.70. The van der Waals surface area contributed by atoms with Gasteiger partial charge in [-0.3, -0.25) is 0 Å². The predicted octanol–water partition coefficient (Wildman–Crippen LogP) is 2.72. The van der Waals surface area contributed by atoms with Crippen LogP contribution >= 0.6 is 11.3 Å². The molecule has 0 radical (unpaired) electrons. The smallest absolute Gasteiger partial charge is 0.248 e. The van der Waals surface area contributed by atoms with Crippen molar-refractivity contribution in [2.45, 2.75) is 24.3 Å². The van der Waals surface area contributed by atoms with Gasteiger partial charge in [0.2, 0.25) is 10.0 Å². The van der Waals surface area contributed by atoms with Gasteiger partial charge in [-0.1, -0.05) is 12.1 Å². The van der Waals surface area contributed by atoms with Crippen molar-refractivity contribution in [3.63, 3.8) is 0 Å². The summed E-state index contributed by atoms with van der Waals surface area (Å²) in [6.45, 7) is 1.79. The van der Waals surface area contributed by atoms with E-state index >= 15 is 0 Å². The Balaban J connectivity index is 2.30. The quantitative estimate of drug-likeness (QED) is 0.858. The summed E-state index contributed by atoms with van der Waals surface area (Å²) in [5.74, 6) is -0.829. The van der Waals surface area contributed by atoms with Crippen LogP contribution in [0.15, 0.2) is 40.6 Å². The van der Waals surface area contributed by atoms with Crippen molar-refractivity contribution >= 4 is 27.0 Å². The Morgan fingerprint density at radius 1 is 1.33 bits per heavy atom. The number of nitrogens with two attached hydrogens (primary N) is 1. The minimum Gasteiger partial charge on any atom is -0.398 e. The van der Waals surface area contributed by atoms with Gasteiger partial charge in [0, 0.05) is 18.0 Å². The van der Waals surface area contributed by atoms with Crippen molar-refractivity contribution in [2.75, 3.05) is 12.8 Å². The van der Waals surface area contributed by atoms with Crippen molar-refractivity contribution < 1.29 is 12.8 Å². The van der Waals surface area contributed by atoms with E-state index in [1.165, 1.54) is 23.5 Å². The number of hydrogen-bond donors (Lipinski definition) is 1. The average molecular weight is 328 g/mol. The molecule has 0 amide bonds. The summed E-state index contributed by atoms with van der Waals surface area (Å²) >= 11 is 1.56. The summed E-state index contributed by atoms with van der Waals surface area (Å²) in [5, 5.41) is 1.94. The largest absolute Gasteiger partial charge is 0.398 e. The van der Waals surface area contributed by atoms with Gasteiger partial charge in [-0.05, 0) is 36.9 Å². The molecule has 0 aliphatic carbocycles. The molecule has 1 aromatic carbocycles. The van der Waals surface area contributed by atoms with E-state index in [0.29, 0.717) is 6.42 Å². The highest BCUT2D eigenvalue weighted by atomic mass is 32.2. The number of sulfonamides is 1. The topological polar surface area (TPSA) is 63.4 Å². The van der Waals surface area contributed by atoms with Gasteiger partial charge in [0.25, 0.3) is 0 Å². The molecule has 2 aromatic rings. The monoisotopic (exact) mass is 328 g/mol. The predicted molar refractivity (Wildman–Crippen MR) is 83.2 cm³/mol. The second kappa shape index (κ2) is 6.13. The summed E-state index contributed by atoms with van der Waals surface area (Å²) in [6, 6.07) is 7.43. The minimum atomic E-state index is -3.96. The van der Waals surface area contributed by atoms with Crippen LogP contribution < -0.4 is 5.73 Å². The second-order valence-electron chi connectivity index (χ2n) is 4.81. The number of anilines is 1. The third-order valence-electron chi connectivity index (χ3n) is 3.33. The molecule has 2 N–H and O–H groups in total. The third kappa shape index (κ3) is 3.25. The van der Waals surface area contributed by atoms with E-state index in [-0.39, 0.29) is 11.7 Å². The van der Waals surface area contributed by atoms with Crippen LogP contribution in [-0.2, 0) is 16.4 Å². The van der Waals surface area contributed by atoms with E-state index in [9.17, 15) is 12.8 Å². The van der Waals surface area contributed by atoms with E-state index in [0.717, 1.165) is 10.9 Å². The first-order chi connectivity index (χ1) is 9.84. The lowest BCUT2D eigenvalue weighted by Gasteiger charge is -2.24. The normalized spacial score (nSPS) is 13.5. The first-order valence-electron chi connectivity index (χ1n) is 6.38. The second-order valence-corrected chi connectivity index (χ2v) is 7.78. The Labute approximate surface area is 128 Å². The Hall–Kier alpha value is -1.44. The lowest BCUT2D eigenvalue weighted by Crippen LogP contribution is -2.37. The molecule has 0 saturated carbocycles. The molecule has 2 rings (SSSR count). The minimum absolute atomic E-state index is 0.0785. The lowest BCUT2D eigenvalue weighted by atomic mass is 10.2. The van der Waals surface area contributed by atoms with E-state index in [1.807, 2.05) is 17.5 Å². The van der Waals surface area contributed by atoms with Crippen LogP contribution in [0.25, 0.3) is 0 Å². The van der Waals surface area contributed by atoms with E-state index in [4.69, 9.17) is 5.73 Å². The Morgan fingerprint density at radius 3 is 2.62 bits per heavy atom. The summed E-state index contributed by atoms with van der Waals surface area (Å²) in [7, 11) is -2.52. The number of rotatable bonds is 5.